The molecule has 2 aliphatic heterocycles. The number of benzene rings is 3. The van der Waals surface area contributed by atoms with Gasteiger partial charge < -0.3 is 0 Å². The van der Waals surface area contributed by atoms with Crippen molar-refractivity contribution >= 4 is 47.1 Å². The smallest absolute Gasteiger partial charge is 0.273 e. The van der Waals surface area contributed by atoms with Crippen LogP contribution >= 0.6 is 0 Å². The summed E-state index contributed by atoms with van der Waals surface area (Å²) in [4.78, 5) is 81.8. The van der Waals surface area contributed by atoms with Gasteiger partial charge in [0.2, 0.25) is 23.6 Å². The number of carbonyl (C=O) groups excluding carboxylic acids is 6. The molecule has 0 aromatic heterocycles. The lowest BCUT2D eigenvalue weighted by Crippen LogP contribution is -2.61. The minimum Gasteiger partial charge on any atom is -0.273 e. The minimum absolute atomic E-state index is 0.0348. The van der Waals surface area contributed by atoms with Crippen molar-refractivity contribution in [2.75, 3.05) is 23.9 Å². The predicted octanol–water partition coefficient (Wildman–Crippen LogP) is 3.25. The highest BCUT2D eigenvalue weighted by Crippen LogP contribution is 2.31. The molecule has 10 nitrogen and oxygen atoms in total. The molecule has 0 N–H and O–H groups in total. The number of hydrogen-bond acceptors (Lipinski definition) is 6. The Morgan fingerprint density at radius 1 is 0.475 bits per heavy atom. The van der Waals surface area contributed by atoms with Crippen LogP contribution in [0.15, 0.2) is 84.9 Å². The van der Waals surface area contributed by atoms with Gasteiger partial charge in [0.05, 0.1) is 11.4 Å². The van der Waals surface area contributed by atoms with Crippen LogP contribution in [0.1, 0.15) is 11.1 Å². The van der Waals surface area contributed by atoms with Crippen LogP contribution in [0.25, 0.3) is 0 Å². The van der Waals surface area contributed by atoms with Crippen molar-refractivity contribution in [3.63, 3.8) is 0 Å². The SMILES string of the molecule is CN1C(=O)C(Cc2ccc(N3C(=O)C(Cc4ccccc4)C(=O)N(c4ccccc4)C3=O)cc2)C(=O)N(C)C1=O. The maximum absolute atomic E-state index is 13.6. The molecule has 40 heavy (non-hydrogen) atoms. The molecule has 2 fully saturated rings. The monoisotopic (exact) mass is 538 g/mol. The lowest BCUT2D eigenvalue weighted by atomic mass is 9.93. The zero-order valence-electron chi connectivity index (χ0n) is 21.9. The normalized spacial score (nSPS) is 18.7. The Labute approximate surface area is 230 Å². The molecule has 0 saturated carbocycles. The first kappa shape index (κ1) is 26.5. The Morgan fingerprint density at radius 2 is 0.875 bits per heavy atom. The number of hydrogen-bond donors (Lipinski definition) is 0. The van der Waals surface area contributed by atoms with E-state index in [4.69, 9.17) is 0 Å². The number of para-hydroxylation sites is 1. The van der Waals surface area contributed by atoms with Crippen molar-refractivity contribution in [1.29, 1.82) is 0 Å². The van der Waals surface area contributed by atoms with Gasteiger partial charge in [-0.15, -0.1) is 0 Å². The average molecular weight is 539 g/mol. The van der Waals surface area contributed by atoms with Crippen LogP contribution < -0.4 is 9.80 Å². The van der Waals surface area contributed by atoms with Crippen LogP contribution in [0.4, 0.5) is 21.0 Å². The molecule has 10 heteroatoms. The van der Waals surface area contributed by atoms with Crippen molar-refractivity contribution in [3.8, 4) is 0 Å². The highest BCUT2D eigenvalue weighted by Gasteiger charge is 2.47. The van der Waals surface area contributed by atoms with Gasteiger partial charge in [-0.05, 0) is 48.2 Å². The van der Waals surface area contributed by atoms with Gasteiger partial charge in [0.1, 0.15) is 11.8 Å². The van der Waals surface area contributed by atoms with Crippen LogP contribution in [0.2, 0.25) is 0 Å². The van der Waals surface area contributed by atoms with E-state index in [-0.39, 0.29) is 18.5 Å². The van der Waals surface area contributed by atoms with E-state index in [9.17, 15) is 28.8 Å². The molecular formula is C30H26N4O6. The van der Waals surface area contributed by atoms with Crippen LogP contribution in [0, 0.1) is 11.8 Å². The molecule has 8 amide bonds. The van der Waals surface area contributed by atoms with Crippen LogP contribution in [0.3, 0.4) is 0 Å². The summed E-state index contributed by atoms with van der Waals surface area (Å²) in [6.45, 7) is 0. The van der Waals surface area contributed by atoms with Gasteiger partial charge in [-0.1, -0.05) is 60.7 Å². The number of nitrogens with zero attached hydrogens (tertiary/aromatic N) is 4. The lowest BCUT2D eigenvalue weighted by Gasteiger charge is -2.37. The molecule has 5 rings (SSSR count). The van der Waals surface area contributed by atoms with Gasteiger partial charge in [-0.2, -0.15) is 0 Å². The molecular weight excluding hydrogens is 512 g/mol. The van der Waals surface area contributed by atoms with Crippen molar-refractivity contribution in [2.24, 2.45) is 11.8 Å². The van der Waals surface area contributed by atoms with Crippen molar-refractivity contribution in [2.45, 2.75) is 12.8 Å². The summed E-state index contributed by atoms with van der Waals surface area (Å²) in [5.74, 6) is -4.63. The summed E-state index contributed by atoms with van der Waals surface area (Å²) in [6.07, 6.45) is 0.155. The van der Waals surface area contributed by atoms with E-state index in [1.165, 1.54) is 14.1 Å². The molecule has 3 aromatic rings. The zero-order valence-corrected chi connectivity index (χ0v) is 21.9. The number of imide groups is 4. The van der Waals surface area contributed by atoms with Crippen LogP contribution in [-0.2, 0) is 32.0 Å². The Bertz CT molecular complexity index is 1480. The first-order chi connectivity index (χ1) is 19.2. The highest BCUT2D eigenvalue weighted by atomic mass is 16.2. The summed E-state index contributed by atoms with van der Waals surface area (Å²) in [5.41, 5.74) is 1.97. The molecule has 3 aromatic carbocycles. The molecule has 0 aliphatic carbocycles. The third-order valence-corrected chi connectivity index (χ3v) is 7.18. The Hall–Kier alpha value is -5.12. The summed E-state index contributed by atoms with van der Waals surface area (Å²) in [5, 5.41) is 0. The van der Waals surface area contributed by atoms with E-state index in [1.807, 2.05) is 30.3 Å². The van der Waals surface area contributed by atoms with Gasteiger partial charge in [-0.25, -0.2) is 19.4 Å². The second-order valence-electron chi connectivity index (χ2n) is 9.71. The second kappa shape index (κ2) is 10.6. The quantitative estimate of drug-likeness (QED) is 0.445. The van der Waals surface area contributed by atoms with Crippen LogP contribution in [0.5, 0.6) is 0 Å². The molecule has 2 aliphatic rings. The predicted molar refractivity (Wildman–Crippen MR) is 145 cm³/mol. The molecule has 0 spiro atoms. The number of anilines is 2. The van der Waals surface area contributed by atoms with Gasteiger partial charge in [-0.3, -0.25) is 29.0 Å². The first-order valence-corrected chi connectivity index (χ1v) is 12.7. The molecule has 0 radical (unpaired) electrons. The van der Waals surface area contributed by atoms with E-state index in [1.54, 1.807) is 54.6 Å². The molecule has 202 valence electrons. The van der Waals surface area contributed by atoms with Gasteiger partial charge in [0.25, 0.3) is 0 Å². The van der Waals surface area contributed by atoms with Crippen molar-refractivity contribution in [3.05, 3.63) is 96.1 Å². The molecule has 2 heterocycles. The fourth-order valence-corrected chi connectivity index (χ4v) is 4.96. The number of barbiturate groups is 2. The maximum atomic E-state index is 13.6. The van der Waals surface area contributed by atoms with E-state index >= 15 is 0 Å². The highest BCUT2D eigenvalue weighted by molar-refractivity contribution is 6.36. The molecule has 2 saturated heterocycles. The fraction of sp³-hybridized carbons (Fsp3) is 0.200. The number of urea groups is 2. The first-order valence-electron chi connectivity index (χ1n) is 12.7. The van der Waals surface area contributed by atoms with Gasteiger partial charge >= 0.3 is 12.1 Å². The van der Waals surface area contributed by atoms with Crippen LogP contribution in [-0.4, -0.2) is 59.6 Å². The van der Waals surface area contributed by atoms with E-state index < -0.39 is 47.5 Å². The largest absolute Gasteiger partial charge is 0.342 e. The van der Waals surface area contributed by atoms with Crippen molar-refractivity contribution < 1.29 is 28.8 Å². The zero-order chi connectivity index (χ0) is 28.6. The summed E-state index contributed by atoms with van der Waals surface area (Å²) in [7, 11) is 2.64. The Morgan fingerprint density at radius 3 is 1.38 bits per heavy atom. The Balaban J connectivity index is 1.45. The number of rotatable bonds is 6. The Kier molecular flexibility index (Phi) is 7.00. The summed E-state index contributed by atoms with van der Waals surface area (Å²) < 4.78 is 0. The standard InChI is InChI=1S/C30H26N4O6/c1-31-25(35)23(26(36)32(2)29(31)39)18-20-13-15-22(16-14-20)34-28(38)24(17-19-9-5-3-6-10-19)27(37)33(30(34)40)21-11-7-4-8-12-21/h3-16,23-24H,17-18H2,1-2H3. The second-order valence-corrected chi connectivity index (χ2v) is 9.71. The molecule has 0 bridgehead atoms. The third kappa shape index (κ3) is 4.64. The molecule has 1 unspecified atom stereocenters. The minimum atomic E-state index is -1.12. The number of amides is 8. The number of carbonyl (C=O) groups is 6. The summed E-state index contributed by atoms with van der Waals surface area (Å²) >= 11 is 0. The fourth-order valence-electron chi connectivity index (χ4n) is 4.96. The van der Waals surface area contributed by atoms with Gasteiger partial charge in [0, 0.05) is 14.1 Å². The van der Waals surface area contributed by atoms with E-state index in [0.717, 1.165) is 25.2 Å². The molecule has 1 atom stereocenters. The van der Waals surface area contributed by atoms with E-state index in [0.29, 0.717) is 11.3 Å². The lowest BCUT2D eigenvalue weighted by molar-refractivity contribution is -0.147. The average Bonchev–Trinajstić information content (AvgIpc) is 2.97. The van der Waals surface area contributed by atoms with E-state index in [2.05, 4.69) is 0 Å². The topological polar surface area (TPSA) is 115 Å². The van der Waals surface area contributed by atoms with Crippen molar-refractivity contribution in [1.82, 2.24) is 9.80 Å². The summed E-state index contributed by atoms with van der Waals surface area (Å²) in [6, 6.07) is 22.4. The third-order valence-electron chi connectivity index (χ3n) is 7.18. The maximum Gasteiger partial charge on any atom is 0.342 e. The van der Waals surface area contributed by atoms with Gasteiger partial charge in [0.15, 0.2) is 0 Å².